The zero-order chi connectivity index (χ0) is 22.8. The fourth-order valence-corrected chi connectivity index (χ4v) is 3.63. The van der Waals surface area contributed by atoms with E-state index in [-0.39, 0.29) is 26.9 Å². The first kappa shape index (κ1) is 22.9. The molecule has 0 fully saturated rings. The van der Waals surface area contributed by atoms with E-state index < -0.39 is 24.1 Å². The second kappa shape index (κ2) is 8.76. The van der Waals surface area contributed by atoms with Crippen LogP contribution in [0.3, 0.4) is 0 Å². The van der Waals surface area contributed by atoms with Crippen LogP contribution in [0.4, 0.5) is 13.2 Å². The average molecular weight is 474 g/mol. The quantitative estimate of drug-likeness (QED) is 0.368. The number of hydrogen-bond acceptors (Lipinski definition) is 5. The summed E-state index contributed by atoms with van der Waals surface area (Å²) in [5.74, 6) is -0.511. The fraction of sp³-hybridized carbons (Fsp3) is 0.250. The molecule has 1 aliphatic rings. The van der Waals surface area contributed by atoms with Crippen LogP contribution in [-0.4, -0.2) is 31.2 Å². The highest BCUT2D eigenvalue weighted by atomic mass is 35.5. The molecule has 2 aromatic carbocycles. The minimum atomic E-state index is -4.81. The highest BCUT2D eigenvalue weighted by molar-refractivity contribution is 6.34. The average Bonchev–Trinajstić information content (AvgIpc) is 3.14. The largest absolute Gasteiger partial charge is 0.435 e. The Balaban J connectivity index is 1.96. The van der Waals surface area contributed by atoms with Gasteiger partial charge in [0.2, 0.25) is 0 Å². The Labute approximate surface area is 185 Å². The van der Waals surface area contributed by atoms with Crippen molar-refractivity contribution in [2.24, 2.45) is 10.3 Å². The van der Waals surface area contributed by atoms with Gasteiger partial charge in [-0.3, -0.25) is 4.79 Å². The molecule has 0 saturated heterocycles. The predicted octanol–water partition coefficient (Wildman–Crippen LogP) is 5.20. The van der Waals surface area contributed by atoms with Crippen LogP contribution in [0.1, 0.15) is 33.5 Å². The number of hydrogen-bond donors (Lipinski definition) is 1. The van der Waals surface area contributed by atoms with Crippen molar-refractivity contribution >= 4 is 41.2 Å². The number of carbonyl (C=O) groups is 1. The summed E-state index contributed by atoms with van der Waals surface area (Å²) in [7, 11) is 1.31. The summed E-state index contributed by atoms with van der Waals surface area (Å²) in [6.07, 6.45) is -4.38. The van der Waals surface area contributed by atoms with Crippen molar-refractivity contribution in [1.29, 1.82) is 0 Å². The molecule has 0 spiro atoms. The molecule has 164 valence electrons. The van der Waals surface area contributed by atoms with Gasteiger partial charge in [0, 0.05) is 33.2 Å². The molecule has 1 atom stereocenters. The maximum absolute atomic E-state index is 14.1. The summed E-state index contributed by atoms with van der Waals surface area (Å²) < 4.78 is 42.4. The van der Waals surface area contributed by atoms with Crippen molar-refractivity contribution < 1.29 is 27.6 Å². The van der Waals surface area contributed by atoms with Crippen LogP contribution in [0.5, 0.6) is 0 Å². The van der Waals surface area contributed by atoms with Crippen LogP contribution in [0.2, 0.25) is 10.0 Å². The van der Waals surface area contributed by atoms with Crippen LogP contribution in [0, 0.1) is 6.92 Å². The third kappa shape index (κ3) is 4.62. The summed E-state index contributed by atoms with van der Waals surface area (Å²) in [4.78, 5) is 21.8. The Morgan fingerprint density at radius 3 is 2.55 bits per heavy atom. The molecule has 1 aliphatic heterocycles. The van der Waals surface area contributed by atoms with Crippen molar-refractivity contribution in [2.45, 2.75) is 25.1 Å². The topological polar surface area (TPSA) is 72.3 Å². The molecular weight excluding hydrogens is 458 g/mol. The minimum Gasteiger partial charge on any atom is -0.398 e. The molecule has 2 aromatic rings. The molecule has 0 saturated carbocycles. The molecular formula is C20H16Cl2F3N3O3. The molecule has 6 nitrogen and oxygen atoms in total. The zero-order valence-corrected chi connectivity index (χ0v) is 17.8. The van der Waals surface area contributed by atoms with Gasteiger partial charge in [-0.2, -0.15) is 13.2 Å². The van der Waals surface area contributed by atoms with Gasteiger partial charge < -0.3 is 15.0 Å². The number of alkyl halides is 3. The third-order valence-corrected chi connectivity index (χ3v) is 5.12. The number of benzene rings is 2. The number of nitrogens with zero attached hydrogens (tertiary/aromatic N) is 2. The first-order chi connectivity index (χ1) is 14.6. The van der Waals surface area contributed by atoms with Gasteiger partial charge in [0.1, 0.15) is 13.4 Å². The van der Waals surface area contributed by atoms with E-state index >= 15 is 0 Å². The molecule has 1 heterocycles. The van der Waals surface area contributed by atoms with Crippen molar-refractivity contribution in [3.8, 4) is 0 Å². The first-order valence-electron chi connectivity index (χ1n) is 8.82. The molecule has 1 unspecified atom stereocenters. The van der Waals surface area contributed by atoms with Crippen molar-refractivity contribution in [2.75, 3.05) is 7.11 Å². The van der Waals surface area contributed by atoms with E-state index in [1.54, 1.807) is 19.1 Å². The van der Waals surface area contributed by atoms with Gasteiger partial charge in [0.15, 0.2) is 0 Å². The summed E-state index contributed by atoms with van der Waals surface area (Å²) >= 11 is 11.8. The van der Waals surface area contributed by atoms with Gasteiger partial charge in [-0.15, -0.1) is 0 Å². The van der Waals surface area contributed by atoms with Gasteiger partial charge in [0.05, 0.1) is 5.71 Å². The molecule has 0 aromatic heterocycles. The zero-order valence-electron chi connectivity index (χ0n) is 16.3. The maximum Gasteiger partial charge on any atom is 0.435 e. The molecule has 0 aliphatic carbocycles. The highest BCUT2D eigenvalue weighted by Crippen LogP contribution is 2.49. The Bertz CT molecular complexity index is 1050. The van der Waals surface area contributed by atoms with Crippen LogP contribution >= 0.6 is 23.2 Å². The molecule has 3 rings (SSSR count). The molecule has 31 heavy (non-hydrogen) atoms. The van der Waals surface area contributed by atoms with Crippen molar-refractivity contribution in [1.82, 2.24) is 5.32 Å². The number of amides is 1. The smallest absolute Gasteiger partial charge is 0.398 e. The molecule has 0 radical (unpaired) electrons. The van der Waals surface area contributed by atoms with E-state index in [9.17, 15) is 18.0 Å². The number of nitrogens with one attached hydrogen (secondary N) is 1. The monoisotopic (exact) mass is 473 g/mol. The lowest BCUT2D eigenvalue weighted by Gasteiger charge is -2.29. The van der Waals surface area contributed by atoms with Crippen LogP contribution < -0.4 is 5.32 Å². The lowest BCUT2D eigenvalue weighted by molar-refractivity contribution is -0.275. The Morgan fingerprint density at radius 2 is 1.94 bits per heavy atom. The fourth-order valence-electron chi connectivity index (χ4n) is 3.11. The maximum atomic E-state index is 14.1. The lowest BCUT2D eigenvalue weighted by atomic mass is 9.86. The second-order valence-electron chi connectivity index (χ2n) is 6.71. The van der Waals surface area contributed by atoms with Gasteiger partial charge in [-0.25, -0.2) is 0 Å². The molecule has 11 heteroatoms. The Hall–Kier alpha value is -2.78. The SMILES string of the molecule is CON=CNC(=O)c1cc(C2=NOC(c3cc(Cl)cc(Cl)c3)(C(F)(F)F)C2)ccc1C. The van der Waals surface area contributed by atoms with E-state index in [1.807, 2.05) is 0 Å². The van der Waals surface area contributed by atoms with E-state index in [0.29, 0.717) is 11.1 Å². The van der Waals surface area contributed by atoms with Gasteiger partial charge >= 0.3 is 6.18 Å². The number of carbonyl (C=O) groups excluding carboxylic acids is 1. The predicted molar refractivity (Wildman–Crippen MR) is 111 cm³/mol. The van der Waals surface area contributed by atoms with Crippen LogP contribution in [0.25, 0.3) is 0 Å². The van der Waals surface area contributed by atoms with E-state index in [0.717, 1.165) is 18.5 Å². The Morgan fingerprint density at radius 1 is 1.26 bits per heavy atom. The lowest BCUT2D eigenvalue weighted by Crippen LogP contribution is -2.42. The number of oxime groups is 2. The molecule has 0 bridgehead atoms. The van der Waals surface area contributed by atoms with Crippen LogP contribution in [0.15, 0.2) is 46.7 Å². The highest BCUT2D eigenvalue weighted by Gasteiger charge is 2.62. The third-order valence-electron chi connectivity index (χ3n) is 4.68. The van der Waals surface area contributed by atoms with E-state index in [1.165, 1.54) is 19.2 Å². The Kier molecular flexibility index (Phi) is 6.47. The van der Waals surface area contributed by atoms with Crippen LogP contribution in [-0.2, 0) is 15.3 Å². The second-order valence-corrected chi connectivity index (χ2v) is 7.58. The van der Waals surface area contributed by atoms with Crippen molar-refractivity contribution in [3.63, 3.8) is 0 Å². The van der Waals surface area contributed by atoms with Gasteiger partial charge in [-0.1, -0.05) is 45.6 Å². The minimum absolute atomic E-state index is 0.0213. The number of halogens is 5. The van der Waals surface area contributed by atoms with E-state index in [2.05, 4.69) is 20.5 Å². The summed E-state index contributed by atoms with van der Waals surface area (Å²) in [6.45, 7) is 1.69. The van der Waals surface area contributed by atoms with Gasteiger partial charge in [0.25, 0.3) is 11.5 Å². The summed E-state index contributed by atoms with van der Waals surface area (Å²) in [5, 5.41) is 9.59. The molecule has 1 amide bonds. The standard InChI is InChI=1S/C20H16Cl2F3N3O3/c1-11-3-4-12(5-16(11)18(29)26-10-27-30-2)17-9-19(31-28-17,20(23,24)25)13-6-14(21)8-15(22)7-13/h3-8,10H,9H2,1-2H3,(H,26,27,29). The normalized spacial score (nSPS) is 18.6. The van der Waals surface area contributed by atoms with E-state index in [4.69, 9.17) is 28.0 Å². The first-order valence-corrected chi connectivity index (χ1v) is 9.58. The summed E-state index contributed by atoms with van der Waals surface area (Å²) in [6, 6.07) is 8.21. The van der Waals surface area contributed by atoms with Gasteiger partial charge in [-0.05, 0) is 36.8 Å². The number of rotatable bonds is 5. The number of aryl methyl sites for hydroxylation is 1. The summed E-state index contributed by atoms with van der Waals surface area (Å²) in [5.41, 5.74) is -1.85. The molecule has 1 N–H and O–H groups in total. The van der Waals surface area contributed by atoms with Crippen molar-refractivity contribution in [3.05, 3.63) is 68.7 Å².